The number of hydrogen-bond acceptors (Lipinski definition) is 7. The van der Waals surface area contributed by atoms with Crippen LogP contribution >= 0.6 is 7.67 Å². The smallest absolute Gasteiger partial charge is 0.346 e. The summed E-state index contributed by atoms with van der Waals surface area (Å²) in [6.45, 7) is 4.78. The first-order valence-electron chi connectivity index (χ1n) is 9.60. The maximum Gasteiger partial charge on any atom is 0.346 e. The molecular weight excluding hydrogens is 411 g/mol. The van der Waals surface area contributed by atoms with E-state index >= 15 is 0 Å². The largest absolute Gasteiger partial charge is 0.497 e. The lowest BCUT2D eigenvalue weighted by atomic mass is 10.1. The van der Waals surface area contributed by atoms with Gasteiger partial charge in [0, 0.05) is 44.5 Å². The summed E-state index contributed by atoms with van der Waals surface area (Å²) in [5, 5.41) is 11.5. The Bertz CT molecular complexity index is 979. The predicted molar refractivity (Wildman–Crippen MR) is 108 cm³/mol. The van der Waals surface area contributed by atoms with Crippen molar-refractivity contribution in [2.75, 3.05) is 33.3 Å². The van der Waals surface area contributed by atoms with Crippen LogP contribution in [0.2, 0.25) is 0 Å². The van der Waals surface area contributed by atoms with Gasteiger partial charge in [0.15, 0.2) is 0 Å². The van der Waals surface area contributed by atoms with Gasteiger partial charge in [0.25, 0.3) is 5.69 Å². The maximum atomic E-state index is 13.2. The van der Waals surface area contributed by atoms with Crippen LogP contribution in [0.25, 0.3) is 0 Å². The first-order chi connectivity index (χ1) is 14.4. The summed E-state index contributed by atoms with van der Waals surface area (Å²) in [5.74, 6) is 0.872. The zero-order valence-electron chi connectivity index (χ0n) is 16.8. The van der Waals surface area contributed by atoms with Crippen LogP contribution in [-0.4, -0.2) is 52.5 Å². The molecule has 160 valence electrons. The summed E-state index contributed by atoms with van der Waals surface area (Å²) in [7, 11) is -1.47. The average Bonchev–Trinajstić information content (AvgIpc) is 3.64. The molecule has 2 fully saturated rings. The van der Waals surface area contributed by atoms with Gasteiger partial charge in [0.05, 0.1) is 23.7 Å². The molecule has 4 rings (SSSR count). The van der Waals surface area contributed by atoms with Gasteiger partial charge in [-0.25, -0.2) is 14.3 Å². The number of methoxy groups -OCH3 is 1. The average molecular weight is 434 g/mol. The number of aromatic nitrogens is 1. The van der Waals surface area contributed by atoms with Crippen LogP contribution in [0.4, 0.5) is 5.69 Å². The van der Waals surface area contributed by atoms with Crippen LogP contribution in [0.15, 0.2) is 36.5 Å². The van der Waals surface area contributed by atoms with Crippen LogP contribution in [0.1, 0.15) is 24.2 Å². The molecule has 0 N–H and O–H groups in total. The molecule has 0 unspecified atom stereocenters. The van der Waals surface area contributed by atoms with Crippen molar-refractivity contribution in [2.24, 2.45) is 0 Å². The number of pyridine rings is 1. The van der Waals surface area contributed by atoms with Crippen molar-refractivity contribution in [3.63, 3.8) is 0 Å². The summed E-state index contributed by atoms with van der Waals surface area (Å²) < 4.78 is 33.7. The fraction of sp³-hybridized carbons (Fsp3) is 0.421. The van der Waals surface area contributed by atoms with Gasteiger partial charge in [-0.3, -0.25) is 19.2 Å². The van der Waals surface area contributed by atoms with E-state index in [1.807, 2.05) is 9.34 Å². The van der Waals surface area contributed by atoms with Crippen molar-refractivity contribution in [1.82, 2.24) is 14.3 Å². The van der Waals surface area contributed by atoms with Crippen molar-refractivity contribution < 1.29 is 23.5 Å². The Morgan fingerprint density at radius 2 is 1.90 bits per heavy atom. The molecular formula is C19H23N4O6P. The van der Waals surface area contributed by atoms with Crippen LogP contribution in [0.5, 0.6) is 11.6 Å². The molecule has 0 saturated carbocycles. The van der Waals surface area contributed by atoms with Gasteiger partial charge in [-0.2, -0.15) is 0 Å². The molecule has 11 heteroatoms. The first-order valence-corrected chi connectivity index (χ1v) is 11.1. The standard InChI is InChI=1S/C19H23N4O6P/c1-14(29-30(26,21-7-8-21)22-9-10-22)15-3-4-18(23(24)25)16(11-15)13-28-19-12-17(27-2)5-6-20-19/h3-6,11-12,14H,7-10,13H2,1-2H3/t14-/m0/s1. The van der Waals surface area contributed by atoms with Crippen LogP contribution in [0, 0.1) is 10.1 Å². The van der Waals surface area contributed by atoms with Crippen molar-refractivity contribution in [3.05, 3.63) is 57.8 Å². The lowest BCUT2D eigenvalue weighted by molar-refractivity contribution is -0.385. The second kappa shape index (κ2) is 8.31. The van der Waals surface area contributed by atoms with Gasteiger partial charge in [-0.1, -0.05) is 0 Å². The first kappa shape index (κ1) is 20.7. The normalized spacial score (nSPS) is 17.4. The molecule has 2 aliphatic heterocycles. The Morgan fingerprint density at radius 3 is 2.50 bits per heavy atom. The highest BCUT2D eigenvalue weighted by molar-refractivity contribution is 7.54. The van der Waals surface area contributed by atoms with E-state index in [1.54, 1.807) is 31.2 Å². The van der Waals surface area contributed by atoms with Gasteiger partial charge >= 0.3 is 7.67 Å². The van der Waals surface area contributed by atoms with E-state index < -0.39 is 18.7 Å². The van der Waals surface area contributed by atoms with Gasteiger partial charge in [0.1, 0.15) is 12.4 Å². The summed E-state index contributed by atoms with van der Waals surface area (Å²) in [5.41, 5.74) is 1.02. The lowest BCUT2D eigenvalue weighted by Crippen LogP contribution is -2.11. The molecule has 0 spiro atoms. The van der Waals surface area contributed by atoms with Crippen molar-refractivity contribution in [3.8, 4) is 11.6 Å². The van der Waals surface area contributed by atoms with E-state index in [1.165, 1.54) is 19.4 Å². The van der Waals surface area contributed by atoms with Gasteiger partial charge in [0.2, 0.25) is 5.88 Å². The predicted octanol–water partition coefficient (Wildman–Crippen LogP) is 3.39. The molecule has 2 aromatic rings. The van der Waals surface area contributed by atoms with Crippen LogP contribution < -0.4 is 9.47 Å². The Balaban J connectivity index is 1.53. The highest BCUT2D eigenvalue weighted by atomic mass is 31.2. The van der Waals surface area contributed by atoms with Crippen molar-refractivity contribution >= 4 is 13.4 Å². The third kappa shape index (κ3) is 4.46. The van der Waals surface area contributed by atoms with E-state index in [0.29, 0.717) is 22.8 Å². The monoisotopic (exact) mass is 434 g/mol. The van der Waals surface area contributed by atoms with Crippen molar-refractivity contribution in [2.45, 2.75) is 19.6 Å². The molecule has 0 aliphatic carbocycles. The van der Waals surface area contributed by atoms with Gasteiger partial charge in [-0.05, 0) is 30.7 Å². The van der Waals surface area contributed by atoms with Gasteiger partial charge < -0.3 is 9.47 Å². The third-order valence-corrected chi connectivity index (χ3v) is 7.77. The zero-order valence-corrected chi connectivity index (χ0v) is 17.7. The quantitative estimate of drug-likeness (QED) is 0.241. The van der Waals surface area contributed by atoms with E-state index in [-0.39, 0.29) is 12.3 Å². The highest BCUT2D eigenvalue weighted by Gasteiger charge is 2.50. The minimum absolute atomic E-state index is 0.0487. The Hall–Kier alpha value is -2.52. The van der Waals surface area contributed by atoms with E-state index in [9.17, 15) is 14.7 Å². The molecule has 1 aromatic carbocycles. The number of benzene rings is 1. The SMILES string of the molecule is COc1ccnc(OCc2cc([C@H](C)OP(=O)(N3CC3)N3CC3)ccc2[N+](=O)[O-])c1. The molecule has 30 heavy (non-hydrogen) atoms. The Labute approximate surface area is 174 Å². The zero-order chi connectivity index (χ0) is 21.3. The number of nitro benzene ring substituents is 1. The van der Waals surface area contributed by atoms with Crippen LogP contribution in [0.3, 0.4) is 0 Å². The molecule has 1 atom stereocenters. The van der Waals surface area contributed by atoms with E-state index in [2.05, 4.69) is 4.98 Å². The maximum absolute atomic E-state index is 13.2. The summed E-state index contributed by atoms with van der Waals surface area (Å²) in [6, 6.07) is 8.00. The second-order valence-electron chi connectivity index (χ2n) is 7.11. The minimum atomic E-state index is -3.00. The molecule has 3 heterocycles. The number of nitro groups is 1. The molecule has 1 aromatic heterocycles. The molecule has 0 bridgehead atoms. The van der Waals surface area contributed by atoms with E-state index in [4.69, 9.17) is 14.0 Å². The summed E-state index contributed by atoms with van der Waals surface area (Å²) >= 11 is 0. The minimum Gasteiger partial charge on any atom is -0.497 e. The second-order valence-corrected chi connectivity index (χ2v) is 9.44. The molecule has 0 radical (unpaired) electrons. The number of nitrogens with zero attached hydrogens (tertiary/aromatic N) is 4. The van der Waals surface area contributed by atoms with Crippen LogP contribution in [-0.2, 0) is 15.7 Å². The molecule has 2 aliphatic rings. The molecule has 10 nitrogen and oxygen atoms in total. The summed E-state index contributed by atoms with van der Waals surface area (Å²) in [6.07, 6.45) is 1.04. The Morgan fingerprint density at radius 1 is 1.20 bits per heavy atom. The van der Waals surface area contributed by atoms with E-state index in [0.717, 1.165) is 26.2 Å². The lowest BCUT2D eigenvalue weighted by Gasteiger charge is -2.24. The number of rotatable bonds is 10. The highest BCUT2D eigenvalue weighted by Crippen LogP contribution is 2.63. The topological polar surface area (TPSA) is 107 Å². The van der Waals surface area contributed by atoms with Crippen molar-refractivity contribution in [1.29, 1.82) is 0 Å². The molecule has 2 saturated heterocycles. The fourth-order valence-electron chi connectivity index (χ4n) is 3.07. The third-order valence-electron chi connectivity index (χ3n) is 4.94. The number of hydrogen-bond donors (Lipinski definition) is 0. The Kier molecular flexibility index (Phi) is 5.75. The fourth-order valence-corrected chi connectivity index (χ4v) is 5.42. The summed E-state index contributed by atoms with van der Waals surface area (Å²) in [4.78, 5) is 15.1. The molecule has 0 amide bonds. The number of ether oxygens (including phenoxy) is 2. The van der Waals surface area contributed by atoms with Gasteiger partial charge in [-0.15, -0.1) is 0 Å².